The predicted molar refractivity (Wildman–Crippen MR) is 89.7 cm³/mol. The third-order valence-corrected chi connectivity index (χ3v) is 4.19. The van der Waals surface area contributed by atoms with Crippen LogP contribution in [0.25, 0.3) is 10.9 Å². The topological polar surface area (TPSA) is 28.2 Å². The Balaban J connectivity index is 2.05. The van der Waals surface area contributed by atoms with E-state index in [4.69, 9.17) is 4.98 Å². The second-order valence-corrected chi connectivity index (χ2v) is 6.38. The van der Waals surface area contributed by atoms with Gasteiger partial charge in [-0.15, -0.1) is 0 Å². The molecule has 0 aliphatic heterocycles. The van der Waals surface area contributed by atoms with Gasteiger partial charge in [0.15, 0.2) is 0 Å². The molecule has 1 aromatic heterocycles. The highest BCUT2D eigenvalue weighted by Gasteiger charge is 2.27. The molecule has 1 heterocycles. The lowest BCUT2D eigenvalue weighted by molar-refractivity contribution is 0.632. The Hall–Kier alpha value is -1.61. The average molecular weight is 283 g/mol. The van der Waals surface area contributed by atoms with Crippen LogP contribution in [0.2, 0.25) is 0 Å². The van der Waals surface area contributed by atoms with E-state index in [1.165, 1.54) is 23.8 Å². The summed E-state index contributed by atoms with van der Waals surface area (Å²) in [6, 6.07) is 11.2. The van der Waals surface area contributed by atoms with Gasteiger partial charge in [0.05, 0.1) is 5.52 Å². The van der Waals surface area contributed by atoms with Gasteiger partial charge in [0.2, 0.25) is 0 Å². The number of nitrogens with one attached hydrogen (secondary N) is 1. The molecule has 0 unspecified atom stereocenters. The molecular formula is C18H25N3. The van der Waals surface area contributed by atoms with E-state index in [9.17, 15) is 0 Å². The van der Waals surface area contributed by atoms with Gasteiger partial charge < -0.3 is 10.2 Å². The summed E-state index contributed by atoms with van der Waals surface area (Å²) in [5, 5.41) is 4.51. The molecule has 0 spiro atoms. The molecule has 0 saturated heterocycles. The number of hydrogen-bond donors (Lipinski definition) is 1. The van der Waals surface area contributed by atoms with E-state index in [0.717, 1.165) is 30.3 Å². The van der Waals surface area contributed by atoms with Crippen LogP contribution in [0.1, 0.15) is 32.3 Å². The highest BCUT2D eigenvalue weighted by Crippen LogP contribution is 2.33. The standard InChI is InChI=1S/C18H25N3/c1-13(2)21(12-14-8-9-14)18-16(11-19-3)10-15-6-4-5-7-17(15)20-18/h4-7,10,13-14,19H,8-9,11-12H2,1-3H3. The lowest BCUT2D eigenvalue weighted by Gasteiger charge is -2.30. The number of pyridine rings is 1. The van der Waals surface area contributed by atoms with Crippen molar-refractivity contribution in [3.05, 3.63) is 35.9 Å². The molecule has 1 fully saturated rings. The summed E-state index contributed by atoms with van der Waals surface area (Å²) < 4.78 is 0. The minimum absolute atomic E-state index is 0.481. The van der Waals surface area contributed by atoms with Crippen molar-refractivity contribution in [2.24, 2.45) is 5.92 Å². The molecular weight excluding hydrogens is 258 g/mol. The number of anilines is 1. The Labute approximate surface area is 127 Å². The molecule has 3 nitrogen and oxygen atoms in total. The fourth-order valence-corrected chi connectivity index (χ4v) is 2.84. The Morgan fingerprint density at radius 3 is 2.71 bits per heavy atom. The molecule has 3 rings (SSSR count). The van der Waals surface area contributed by atoms with Gasteiger partial charge in [0.25, 0.3) is 0 Å². The highest BCUT2D eigenvalue weighted by atomic mass is 15.2. The summed E-state index contributed by atoms with van der Waals surface area (Å²) in [5.74, 6) is 2.02. The van der Waals surface area contributed by atoms with Crippen molar-refractivity contribution in [1.82, 2.24) is 10.3 Å². The third kappa shape index (κ3) is 3.18. The first-order valence-corrected chi connectivity index (χ1v) is 7.99. The summed E-state index contributed by atoms with van der Waals surface area (Å²) in [6.07, 6.45) is 2.75. The molecule has 1 aromatic carbocycles. The van der Waals surface area contributed by atoms with E-state index in [1.807, 2.05) is 7.05 Å². The van der Waals surface area contributed by atoms with Gasteiger partial charge in [0, 0.05) is 30.1 Å². The zero-order chi connectivity index (χ0) is 14.8. The molecule has 2 aromatic rings. The lowest BCUT2D eigenvalue weighted by Crippen LogP contribution is -2.34. The van der Waals surface area contributed by atoms with Crippen molar-refractivity contribution >= 4 is 16.7 Å². The van der Waals surface area contributed by atoms with Gasteiger partial charge in [-0.3, -0.25) is 0 Å². The number of rotatable bonds is 6. The average Bonchev–Trinajstić information content (AvgIpc) is 3.28. The molecule has 21 heavy (non-hydrogen) atoms. The van der Waals surface area contributed by atoms with Crippen molar-refractivity contribution in [3.63, 3.8) is 0 Å². The first-order chi connectivity index (χ1) is 10.2. The maximum Gasteiger partial charge on any atom is 0.134 e. The monoisotopic (exact) mass is 283 g/mol. The summed E-state index contributed by atoms with van der Waals surface area (Å²) in [7, 11) is 2.00. The molecule has 0 radical (unpaired) electrons. The zero-order valence-electron chi connectivity index (χ0n) is 13.3. The second kappa shape index (κ2) is 6.02. The molecule has 0 amide bonds. The summed E-state index contributed by atoms with van der Waals surface area (Å²) in [4.78, 5) is 7.47. The van der Waals surface area contributed by atoms with Crippen LogP contribution >= 0.6 is 0 Å². The maximum absolute atomic E-state index is 4.98. The van der Waals surface area contributed by atoms with Crippen molar-refractivity contribution < 1.29 is 0 Å². The quantitative estimate of drug-likeness (QED) is 0.878. The van der Waals surface area contributed by atoms with Crippen LogP contribution in [0.5, 0.6) is 0 Å². The normalized spacial score (nSPS) is 14.9. The fourth-order valence-electron chi connectivity index (χ4n) is 2.84. The molecule has 1 aliphatic carbocycles. The Morgan fingerprint density at radius 1 is 1.29 bits per heavy atom. The van der Waals surface area contributed by atoms with E-state index in [-0.39, 0.29) is 0 Å². The van der Waals surface area contributed by atoms with Crippen molar-refractivity contribution in [2.75, 3.05) is 18.5 Å². The molecule has 3 heteroatoms. The van der Waals surface area contributed by atoms with E-state index in [2.05, 4.69) is 54.4 Å². The number of aromatic nitrogens is 1. The number of fused-ring (bicyclic) bond motifs is 1. The third-order valence-electron chi connectivity index (χ3n) is 4.19. The predicted octanol–water partition coefficient (Wildman–Crippen LogP) is 3.58. The van der Waals surface area contributed by atoms with E-state index < -0.39 is 0 Å². The van der Waals surface area contributed by atoms with Gasteiger partial charge in [-0.05, 0) is 51.8 Å². The Kier molecular flexibility index (Phi) is 4.11. The molecule has 0 atom stereocenters. The highest BCUT2D eigenvalue weighted by molar-refractivity contribution is 5.81. The molecule has 112 valence electrons. The van der Waals surface area contributed by atoms with Crippen LogP contribution in [-0.4, -0.2) is 24.6 Å². The van der Waals surface area contributed by atoms with Crippen molar-refractivity contribution in [2.45, 2.75) is 39.3 Å². The Bertz CT molecular complexity index is 617. The minimum atomic E-state index is 0.481. The summed E-state index contributed by atoms with van der Waals surface area (Å²) in [5.41, 5.74) is 2.39. The molecule has 1 N–H and O–H groups in total. The Morgan fingerprint density at radius 2 is 2.05 bits per heavy atom. The van der Waals surface area contributed by atoms with E-state index >= 15 is 0 Å². The summed E-state index contributed by atoms with van der Waals surface area (Å²) in [6.45, 7) is 6.53. The van der Waals surface area contributed by atoms with Gasteiger partial charge in [-0.1, -0.05) is 18.2 Å². The van der Waals surface area contributed by atoms with Gasteiger partial charge in [-0.2, -0.15) is 0 Å². The molecule has 1 saturated carbocycles. The van der Waals surface area contributed by atoms with Gasteiger partial charge >= 0.3 is 0 Å². The first kappa shape index (κ1) is 14.3. The number of para-hydroxylation sites is 1. The van der Waals surface area contributed by atoms with Crippen LogP contribution in [0, 0.1) is 5.92 Å². The van der Waals surface area contributed by atoms with Crippen LogP contribution in [0.4, 0.5) is 5.82 Å². The van der Waals surface area contributed by atoms with Crippen LogP contribution in [0.3, 0.4) is 0 Å². The fraction of sp³-hybridized carbons (Fsp3) is 0.500. The largest absolute Gasteiger partial charge is 0.354 e. The van der Waals surface area contributed by atoms with Crippen LogP contribution in [0.15, 0.2) is 30.3 Å². The van der Waals surface area contributed by atoms with E-state index in [0.29, 0.717) is 6.04 Å². The van der Waals surface area contributed by atoms with E-state index in [1.54, 1.807) is 0 Å². The molecule has 1 aliphatic rings. The van der Waals surface area contributed by atoms with Crippen molar-refractivity contribution in [1.29, 1.82) is 0 Å². The molecule has 0 bridgehead atoms. The van der Waals surface area contributed by atoms with Crippen LogP contribution in [-0.2, 0) is 6.54 Å². The number of nitrogens with zero attached hydrogens (tertiary/aromatic N) is 2. The SMILES string of the molecule is CNCc1cc2ccccc2nc1N(CC1CC1)C(C)C. The smallest absolute Gasteiger partial charge is 0.134 e. The van der Waals surface area contributed by atoms with Gasteiger partial charge in [0.1, 0.15) is 5.82 Å². The lowest BCUT2D eigenvalue weighted by atomic mass is 10.1. The number of hydrogen-bond acceptors (Lipinski definition) is 3. The second-order valence-electron chi connectivity index (χ2n) is 6.38. The van der Waals surface area contributed by atoms with Crippen molar-refractivity contribution in [3.8, 4) is 0 Å². The zero-order valence-corrected chi connectivity index (χ0v) is 13.3. The minimum Gasteiger partial charge on any atom is -0.354 e. The van der Waals surface area contributed by atoms with Gasteiger partial charge in [-0.25, -0.2) is 4.98 Å². The van der Waals surface area contributed by atoms with Crippen LogP contribution < -0.4 is 10.2 Å². The summed E-state index contributed by atoms with van der Waals surface area (Å²) >= 11 is 0. The number of benzene rings is 1. The maximum atomic E-state index is 4.98. The first-order valence-electron chi connectivity index (χ1n) is 7.99.